The molecule has 0 bridgehead atoms. The van der Waals surface area contributed by atoms with Gasteiger partial charge in [0, 0.05) is 19.2 Å². The molecule has 1 aromatic heterocycles. The van der Waals surface area contributed by atoms with Gasteiger partial charge in [-0.1, -0.05) is 0 Å². The van der Waals surface area contributed by atoms with E-state index in [1.54, 1.807) is 6.07 Å². The predicted molar refractivity (Wildman–Crippen MR) is 63.3 cm³/mol. The molecule has 0 saturated carbocycles. The van der Waals surface area contributed by atoms with E-state index >= 15 is 0 Å². The lowest BCUT2D eigenvalue weighted by atomic mass is 10.0. The van der Waals surface area contributed by atoms with Crippen LogP contribution in [0.4, 0.5) is 11.6 Å². The summed E-state index contributed by atoms with van der Waals surface area (Å²) in [4.78, 5) is 8.30. The normalized spacial score (nSPS) is 24.6. The fourth-order valence-corrected chi connectivity index (χ4v) is 1.94. The minimum atomic E-state index is -0.0758. The molecule has 88 valence electrons. The van der Waals surface area contributed by atoms with Gasteiger partial charge >= 0.3 is 0 Å². The number of aryl methyl sites for hydroxylation is 1. The Morgan fingerprint density at radius 2 is 2.38 bits per heavy atom. The Morgan fingerprint density at radius 3 is 3.00 bits per heavy atom. The van der Waals surface area contributed by atoms with Crippen molar-refractivity contribution in [1.82, 2.24) is 9.97 Å². The maximum absolute atomic E-state index is 5.69. The number of nitrogens with two attached hydrogens (primary N) is 1. The zero-order chi connectivity index (χ0) is 11.6. The van der Waals surface area contributed by atoms with Crippen LogP contribution in [0.15, 0.2) is 6.07 Å². The Kier molecular flexibility index (Phi) is 2.96. The van der Waals surface area contributed by atoms with Crippen LogP contribution < -0.4 is 11.1 Å². The third-order valence-electron chi connectivity index (χ3n) is 2.80. The highest BCUT2D eigenvalue weighted by Crippen LogP contribution is 2.25. The third-order valence-corrected chi connectivity index (χ3v) is 2.80. The van der Waals surface area contributed by atoms with E-state index in [2.05, 4.69) is 22.2 Å². The van der Waals surface area contributed by atoms with E-state index in [9.17, 15) is 0 Å². The van der Waals surface area contributed by atoms with Gasteiger partial charge < -0.3 is 15.8 Å². The molecule has 1 fully saturated rings. The maximum atomic E-state index is 5.69. The Balaban J connectivity index is 1.98. The summed E-state index contributed by atoms with van der Waals surface area (Å²) in [6, 6.07) is 1.74. The summed E-state index contributed by atoms with van der Waals surface area (Å²) in [5, 5.41) is 3.25. The van der Waals surface area contributed by atoms with Gasteiger partial charge in [0.1, 0.15) is 17.5 Å². The first kappa shape index (κ1) is 11.1. The molecule has 1 unspecified atom stereocenters. The lowest BCUT2D eigenvalue weighted by Crippen LogP contribution is -2.32. The first-order chi connectivity index (χ1) is 7.57. The maximum Gasteiger partial charge on any atom is 0.131 e. The SMILES string of the molecule is Cc1nc(N)cc(NCC2(C)CCCO2)n1. The minimum Gasteiger partial charge on any atom is -0.384 e. The molecule has 2 rings (SSSR count). The van der Waals surface area contributed by atoms with Gasteiger partial charge in [0.15, 0.2) is 0 Å². The molecule has 0 aromatic carbocycles. The van der Waals surface area contributed by atoms with Crippen molar-refractivity contribution in [2.45, 2.75) is 32.3 Å². The second-order valence-electron chi connectivity index (χ2n) is 4.48. The lowest BCUT2D eigenvalue weighted by Gasteiger charge is -2.23. The zero-order valence-corrected chi connectivity index (χ0v) is 9.79. The van der Waals surface area contributed by atoms with E-state index < -0.39 is 0 Å². The molecule has 5 heteroatoms. The summed E-state index contributed by atoms with van der Waals surface area (Å²) in [5.41, 5.74) is 5.58. The van der Waals surface area contributed by atoms with Crippen LogP contribution in [0, 0.1) is 6.92 Å². The van der Waals surface area contributed by atoms with Crippen molar-refractivity contribution in [3.8, 4) is 0 Å². The van der Waals surface area contributed by atoms with Crippen molar-refractivity contribution in [1.29, 1.82) is 0 Å². The molecular formula is C11H18N4O. The van der Waals surface area contributed by atoms with Gasteiger partial charge in [-0.25, -0.2) is 9.97 Å². The quantitative estimate of drug-likeness (QED) is 0.807. The van der Waals surface area contributed by atoms with Crippen molar-refractivity contribution in [2.24, 2.45) is 0 Å². The summed E-state index contributed by atoms with van der Waals surface area (Å²) in [6.07, 6.45) is 2.21. The van der Waals surface area contributed by atoms with Crippen LogP contribution >= 0.6 is 0 Å². The summed E-state index contributed by atoms with van der Waals surface area (Å²) in [6.45, 7) is 5.55. The average molecular weight is 222 g/mol. The largest absolute Gasteiger partial charge is 0.384 e. The topological polar surface area (TPSA) is 73.1 Å². The summed E-state index contributed by atoms with van der Waals surface area (Å²) >= 11 is 0. The molecule has 1 atom stereocenters. The number of aromatic nitrogens is 2. The fraction of sp³-hybridized carbons (Fsp3) is 0.636. The van der Waals surface area contributed by atoms with E-state index in [0.717, 1.165) is 31.8 Å². The minimum absolute atomic E-state index is 0.0758. The van der Waals surface area contributed by atoms with E-state index in [4.69, 9.17) is 10.5 Å². The van der Waals surface area contributed by atoms with E-state index in [1.165, 1.54) is 0 Å². The summed E-state index contributed by atoms with van der Waals surface area (Å²) < 4.78 is 5.69. The molecule has 1 saturated heterocycles. The van der Waals surface area contributed by atoms with Crippen LogP contribution in [-0.2, 0) is 4.74 Å². The molecule has 1 aromatic rings. The van der Waals surface area contributed by atoms with Crippen molar-refractivity contribution in [3.05, 3.63) is 11.9 Å². The molecule has 16 heavy (non-hydrogen) atoms. The van der Waals surface area contributed by atoms with E-state index in [1.807, 2.05) is 6.92 Å². The first-order valence-electron chi connectivity index (χ1n) is 5.56. The van der Waals surface area contributed by atoms with Gasteiger partial charge in [-0.05, 0) is 26.7 Å². The molecule has 5 nitrogen and oxygen atoms in total. The van der Waals surface area contributed by atoms with E-state index in [-0.39, 0.29) is 5.60 Å². The van der Waals surface area contributed by atoms with Crippen LogP contribution in [-0.4, -0.2) is 28.7 Å². The Morgan fingerprint density at radius 1 is 1.56 bits per heavy atom. The number of hydrogen-bond donors (Lipinski definition) is 2. The first-order valence-corrected chi connectivity index (χ1v) is 5.56. The molecular weight excluding hydrogens is 204 g/mol. The number of nitrogens with one attached hydrogen (secondary N) is 1. The van der Waals surface area contributed by atoms with Crippen molar-refractivity contribution in [2.75, 3.05) is 24.2 Å². The second-order valence-corrected chi connectivity index (χ2v) is 4.48. The molecule has 0 amide bonds. The molecule has 0 radical (unpaired) electrons. The van der Waals surface area contributed by atoms with Crippen LogP contribution in [0.25, 0.3) is 0 Å². The number of anilines is 2. The van der Waals surface area contributed by atoms with Gasteiger partial charge in [-0.3, -0.25) is 0 Å². The summed E-state index contributed by atoms with van der Waals surface area (Å²) in [5.74, 6) is 1.94. The van der Waals surface area contributed by atoms with Crippen LogP contribution in [0.2, 0.25) is 0 Å². The molecule has 0 spiro atoms. The monoisotopic (exact) mass is 222 g/mol. The van der Waals surface area contributed by atoms with Crippen molar-refractivity contribution in [3.63, 3.8) is 0 Å². The van der Waals surface area contributed by atoms with Gasteiger partial charge in [0.25, 0.3) is 0 Å². The number of nitrogens with zero attached hydrogens (tertiary/aromatic N) is 2. The molecule has 1 aliphatic heterocycles. The smallest absolute Gasteiger partial charge is 0.131 e. The highest BCUT2D eigenvalue weighted by Gasteiger charge is 2.29. The predicted octanol–water partition coefficient (Wildman–Crippen LogP) is 1.35. The van der Waals surface area contributed by atoms with Crippen LogP contribution in [0.5, 0.6) is 0 Å². The van der Waals surface area contributed by atoms with Crippen molar-refractivity contribution < 1.29 is 4.74 Å². The van der Waals surface area contributed by atoms with Crippen molar-refractivity contribution >= 4 is 11.6 Å². The Bertz CT molecular complexity index is 354. The zero-order valence-electron chi connectivity index (χ0n) is 9.79. The Hall–Kier alpha value is -1.36. The lowest BCUT2D eigenvalue weighted by molar-refractivity contribution is 0.0314. The average Bonchev–Trinajstić information content (AvgIpc) is 2.62. The number of rotatable bonds is 3. The molecule has 1 aliphatic rings. The number of ether oxygens (including phenoxy) is 1. The highest BCUT2D eigenvalue weighted by molar-refractivity contribution is 5.44. The molecule has 2 heterocycles. The van der Waals surface area contributed by atoms with Crippen LogP contribution in [0.1, 0.15) is 25.6 Å². The van der Waals surface area contributed by atoms with Crippen LogP contribution in [0.3, 0.4) is 0 Å². The number of nitrogen functional groups attached to an aromatic ring is 1. The fourth-order valence-electron chi connectivity index (χ4n) is 1.94. The van der Waals surface area contributed by atoms with Gasteiger partial charge in [0.05, 0.1) is 5.60 Å². The highest BCUT2D eigenvalue weighted by atomic mass is 16.5. The third kappa shape index (κ3) is 2.61. The standard InChI is InChI=1S/C11H18N4O/c1-8-14-9(12)6-10(15-8)13-7-11(2)4-3-5-16-11/h6H,3-5,7H2,1-2H3,(H3,12,13,14,15). The van der Waals surface area contributed by atoms with E-state index in [0.29, 0.717) is 11.6 Å². The van der Waals surface area contributed by atoms with Gasteiger partial charge in [0.2, 0.25) is 0 Å². The number of hydrogen-bond acceptors (Lipinski definition) is 5. The summed E-state index contributed by atoms with van der Waals surface area (Å²) in [7, 11) is 0. The molecule has 0 aliphatic carbocycles. The molecule has 3 N–H and O–H groups in total. The van der Waals surface area contributed by atoms with Gasteiger partial charge in [-0.2, -0.15) is 0 Å². The Labute approximate surface area is 95.4 Å². The second kappa shape index (κ2) is 4.25. The van der Waals surface area contributed by atoms with Gasteiger partial charge in [-0.15, -0.1) is 0 Å².